The highest BCUT2D eigenvalue weighted by molar-refractivity contribution is 9.10. The maximum atomic E-state index is 11.9. The molecule has 0 amide bonds. The fourth-order valence-corrected chi connectivity index (χ4v) is 1.95. The SMILES string of the molecule is N#Cc1ccc(OCCOC(=O)c2cc(Br)ncc2N)cc1. The zero-order valence-corrected chi connectivity index (χ0v) is 13.0. The number of nitrogens with zero attached hydrogens (tertiary/aromatic N) is 2. The fraction of sp³-hybridized carbons (Fsp3) is 0.133. The summed E-state index contributed by atoms with van der Waals surface area (Å²) in [4.78, 5) is 15.8. The van der Waals surface area contributed by atoms with Crippen LogP contribution in [0.25, 0.3) is 0 Å². The van der Waals surface area contributed by atoms with Gasteiger partial charge in [0.2, 0.25) is 0 Å². The molecule has 0 aliphatic rings. The van der Waals surface area contributed by atoms with Gasteiger partial charge in [-0.1, -0.05) is 0 Å². The van der Waals surface area contributed by atoms with Gasteiger partial charge in [0.15, 0.2) is 0 Å². The Morgan fingerprint density at radius 3 is 2.73 bits per heavy atom. The first-order chi connectivity index (χ1) is 10.6. The highest BCUT2D eigenvalue weighted by Gasteiger charge is 2.12. The molecule has 0 aliphatic heterocycles. The molecule has 0 fully saturated rings. The summed E-state index contributed by atoms with van der Waals surface area (Å²) in [5.74, 6) is 0.0604. The summed E-state index contributed by atoms with van der Waals surface area (Å²) in [6.45, 7) is 0.280. The minimum absolute atomic E-state index is 0.0816. The Balaban J connectivity index is 1.82. The van der Waals surface area contributed by atoms with E-state index in [-0.39, 0.29) is 24.5 Å². The van der Waals surface area contributed by atoms with Crippen molar-refractivity contribution in [2.24, 2.45) is 0 Å². The van der Waals surface area contributed by atoms with Crippen molar-refractivity contribution < 1.29 is 14.3 Å². The topological polar surface area (TPSA) is 98.2 Å². The predicted molar refractivity (Wildman–Crippen MR) is 83.3 cm³/mol. The minimum Gasteiger partial charge on any atom is -0.490 e. The molecule has 7 heteroatoms. The lowest BCUT2D eigenvalue weighted by molar-refractivity contribution is 0.0451. The number of rotatable bonds is 5. The predicted octanol–water partition coefficient (Wildman–Crippen LogP) is 2.53. The summed E-state index contributed by atoms with van der Waals surface area (Å²) in [6.07, 6.45) is 1.38. The number of halogens is 1. The maximum absolute atomic E-state index is 11.9. The van der Waals surface area contributed by atoms with Gasteiger partial charge in [0, 0.05) is 0 Å². The number of aromatic nitrogens is 1. The molecule has 2 rings (SSSR count). The van der Waals surface area contributed by atoms with E-state index in [1.165, 1.54) is 12.3 Å². The first-order valence-corrected chi connectivity index (χ1v) is 7.10. The van der Waals surface area contributed by atoms with Crippen molar-refractivity contribution in [3.05, 3.63) is 52.3 Å². The van der Waals surface area contributed by atoms with Crippen LogP contribution in [0.3, 0.4) is 0 Å². The van der Waals surface area contributed by atoms with Crippen molar-refractivity contribution >= 4 is 27.6 Å². The molecule has 0 unspecified atom stereocenters. The van der Waals surface area contributed by atoms with Crippen LogP contribution < -0.4 is 10.5 Å². The number of pyridine rings is 1. The van der Waals surface area contributed by atoms with Crippen molar-refractivity contribution in [2.75, 3.05) is 18.9 Å². The van der Waals surface area contributed by atoms with Gasteiger partial charge in [-0.3, -0.25) is 0 Å². The Morgan fingerprint density at radius 2 is 2.05 bits per heavy atom. The summed E-state index contributed by atoms with van der Waals surface area (Å²) in [5, 5.41) is 8.69. The molecule has 1 aromatic heterocycles. The molecular formula is C15H12BrN3O3. The first-order valence-electron chi connectivity index (χ1n) is 6.31. The van der Waals surface area contributed by atoms with Gasteiger partial charge in [0.25, 0.3) is 0 Å². The van der Waals surface area contributed by atoms with E-state index in [0.29, 0.717) is 15.9 Å². The molecule has 0 spiro atoms. The van der Waals surface area contributed by atoms with Gasteiger partial charge in [-0.15, -0.1) is 0 Å². The molecule has 2 aromatic rings. The van der Waals surface area contributed by atoms with E-state index >= 15 is 0 Å². The summed E-state index contributed by atoms with van der Waals surface area (Å²) < 4.78 is 11.0. The molecule has 0 radical (unpaired) electrons. The van der Waals surface area contributed by atoms with E-state index in [1.54, 1.807) is 24.3 Å². The molecule has 0 saturated carbocycles. The van der Waals surface area contributed by atoms with Crippen LogP contribution in [-0.4, -0.2) is 24.2 Å². The zero-order chi connectivity index (χ0) is 15.9. The average Bonchev–Trinajstić information content (AvgIpc) is 2.54. The summed E-state index contributed by atoms with van der Waals surface area (Å²) in [7, 11) is 0. The second kappa shape index (κ2) is 7.43. The fourth-order valence-electron chi connectivity index (χ4n) is 1.61. The van der Waals surface area contributed by atoms with Crippen molar-refractivity contribution in [1.82, 2.24) is 4.98 Å². The number of nitriles is 1. The van der Waals surface area contributed by atoms with Crippen molar-refractivity contribution in [1.29, 1.82) is 5.26 Å². The third-order valence-corrected chi connectivity index (χ3v) is 3.12. The Kier molecular flexibility index (Phi) is 5.33. The van der Waals surface area contributed by atoms with Gasteiger partial charge in [0.05, 0.1) is 29.1 Å². The molecular weight excluding hydrogens is 350 g/mol. The summed E-state index contributed by atoms with van der Waals surface area (Å²) in [5.41, 5.74) is 6.73. The Hall–Kier alpha value is -2.59. The molecule has 1 aromatic carbocycles. The number of carbonyl (C=O) groups excluding carboxylic acids is 1. The Labute approximate surface area is 135 Å². The van der Waals surface area contributed by atoms with Crippen LogP contribution in [0.15, 0.2) is 41.1 Å². The van der Waals surface area contributed by atoms with Gasteiger partial charge in [-0.2, -0.15) is 5.26 Å². The molecule has 0 saturated heterocycles. The number of benzene rings is 1. The maximum Gasteiger partial charge on any atom is 0.340 e. The van der Waals surface area contributed by atoms with Crippen LogP contribution in [0, 0.1) is 11.3 Å². The summed E-state index contributed by atoms with van der Waals surface area (Å²) in [6, 6.07) is 10.2. The van der Waals surface area contributed by atoms with E-state index in [0.717, 1.165) is 0 Å². The van der Waals surface area contributed by atoms with Crippen LogP contribution in [0.4, 0.5) is 5.69 Å². The van der Waals surface area contributed by atoms with Gasteiger partial charge >= 0.3 is 5.97 Å². The second-order valence-electron chi connectivity index (χ2n) is 4.21. The number of carbonyl (C=O) groups is 1. The largest absolute Gasteiger partial charge is 0.490 e. The van der Waals surface area contributed by atoms with Gasteiger partial charge in [-0.05, 0) is 46.3 Å². The number of anilines is 1. The van der Waals surface area contributed by atoms with Crippen molar-refractivity contribution in [3.63, 3.8) is 0 Å². The standard InChI is InChI=1S/C15H12BrN3O3/c16-14-7-12(13(18)9-19-14)15(20)22-6-5-21-11-3-1-10(8-17)2-4-11/h1-4,7,9H,5-6,18H2. The highest BCUT2D eigenvalue weighted by Crippen LogP contribution is 2.16. The lowest BCUT2D eigenvalue weighted by Crippen LogP contribution is -2.14. The van der Waals surface area contributed by atoms with Gasteiger partial charge < -0.3 is 15.2 Å². The number of esters is 1. The Morgan fingerprint density at radius 1 is 1.32 bits per heavy atom. The number of hydrogen-bond donors (Lipinski definition) is 1. The molecule has 0 bridgehead atoms. The van der Waals surface area contributed by atoms with Crippen LogP contribution >= 0.6 is 15.9 Å². The van der Waals surface area contributed by atoms with Crippen molar-refractivity contribution in [2.45, 2.75) is 0 Å². The number of hydrogen-bond acceptors (Lipinski definition) is 6. The van der Waals surface area contributed by atoms with Gasteiger partial charge in [-0.25, -0.2) is 9.78 Å². The molecule has 0 aliphatic carbocycles. The number of ether oxygens (including phenoxy) is 2. The number of nitrogens with two attached hydrogens (primary N) is 1. The lowest BCUT2D eigenvalue weighted by atomic mass is 10.2. The van der Waals surface area contributed by atoms with Crippen LogP contribution in [0.2, 0.25) is 0 Å². The molecule has 112 valence electrons. The summed E-state index contributed by atoms with van der Waals surface area (Å²) >= 11 is 3.17. The number of nitrogen functional groups attached to an aromatic ring is 1. The van der Waals surface area contributed by atoms with Gasteiger partial charge in [0.1, 0.15) is 23.6 Å². The minimum atomic E-state index is -0.538. The van der Waals surface area contributed by atoms with Crippen LogP contribution in [0.1, 0.15) is 15.9 Å². The lowest BCUT2D eigenvalue weighted by Gasteiger charge is -2.08. The van der Waals surface area contributed by atoms with E-state index in [1.807, 2.05) is 6.07 Å². The molecule has 2 N–H and O–H groups in total. The van der Waals surface area contributed by atoms with E-state index in [2.05, 4.69) is 20.9 Å². The third kappa shape index (κ3) is 4.20. The molecule has 0 atom stereocenters. The van der Waals surface area contributed by atoms with E-state index < -0.39 is 5.97 Å². The van der Waals surface area contributed by atoms with Crippen LogP contribution in [-0.2, 0) is 4.74 Å². The third-order valence-electron chi connectivity index (χ3n) is 2.69. The van der Waals surface area contributed by atoms with E-state index in [4.69, 9.17) is 20.5 Å². The quantitative estimate of drug-likeness (QED) is 0.499. The smallest absolute Gasteiger partial charge is 0.340 e. The molecule has 6 nitrogen and oxygen atoms in total. The highest BCUT2D eigenvalue weighted by atomic mass is 79.9. The normalized spacial score (nSPS) is 9.82. The Bertz CT molecular complexity index is 711. The monoisotopic (exact) mass is 361 g/mol. The average molecular weight is 362 g/mol. The second-order valence-corrected chi connectivity index (χ2v) is 5.03. The molecule has 1 heterocycles. The molecule has 22 heavy (non-hydrogen) atoms. The van der Waals surface area contributed by atoms with Crippen LogP contribution in [0.5, 0.6) is 5.75 Å². The zero-order valence-electron chi connectivity index (χ0n) is 11.5. The van der Waals surface area contributed by atoms with Crippen molar-refractivity contribution in [3.8, 4) is 11.8 Å². The van der Waals surface area contributed by atoms with E-state index in [9.17, 15) is 4.79 Å². The first kappa shape index (κ1) is 15.8.